The van der Waals surface area contributed by atoms with Crippen LogP contribution in [0.4, 0.5) is 11.4 Å². The van der Waals surface area contributed by atoms with Gasteiger partial charge in [-0.15, -0.1) is 0 Å². The molecular formula is C24H35N3O2S. The smallest absolute Gasteiger partial charge is 0.120 e. The fourth-order valence-electron chi connectivity index (χ4n) is 2.84. The topological polar surface area (TPSA) is 54.3 Å². The highest BCUT2D eigenvalue weighted by atomic mass is 32.2. The van der Waals surface area contributed by atoms with E-state index in [-0.39, 0.29) is 0 Å². The average molecular weight is 430 g/mol. The van der Waals surface area contributed by atoms with Crippen molar-refractivity contribution in [3.8, 4) is 5.75 Å². The summed E-state index contributed by atoms with van der Waals surface area (Å²) in [5, 5.41) is 0. The number of ether oxygens (including phenoxy) is 1. The molecule has 0 heterocycles. The predicted octanol–water partition coefficient (Wildman–Crippen LogP) is 6.13. The molecule has 0 saturated heterocycles. The standard InChI is InChI=1S/C24H35N3O2S/c1-8-27(6)17-25-23-14-20(5)24(15-19(23)4)26-30(28,13-12-18(2)3)22-11-9-10-21(16-22)29-7/h9-11,14-18H,8,12-13H2,1-7H3/b25-17+. The van der Waals surface area contributed by atoms with Gasteiger partial charge in [0.05, 0.1) is 39.4 Å². The second kappa shape index (κ2) is 10.6. The Hall–Kier alpha value is -2.34. The fraction of sp³-hybridized carbons (Fsp3) is 0.458. The molecule has 6 heteroatoms. The zero-order valence-corrected chi connectivity index (χ0v) is 20.1. The van der Waals surface area contributed by atoms with Crippen molar-refractivity contribution < 1.29 is 8.95 Å². The van der Waals surface area contributed by atoms with E-state index < -0.39 is 9.73 Å². The molecule has 1 unspecified atom stereocenters. The first-order valence-electron chi connectivity index (χ1n) is 10.4. The summed E-state index contributed by atoms with van der Waals surface area (Å²) in [6.07, 6.45) is 2.67. The van der Waals surface area contributed by atoms with Gasteiger partial charge in [0.25, 0.3) is 0 Å². The van der Waals surface area contributed by atoms with Gasteiger partial charge in [-0.25, -0.2) is 9.20 Å². The minimum atomic E-state index is -2.63. The van der Waals surface area contributed by atoms with Crippen LogP contribution in [-0.4, -0.2) is 41.9 Å². The monoisotopic (exact) mass is 429 g/mol. The van der Waals surface area contributed by atoms with E-state index in [1.54, 1.807) is 7.11 Å². The lowest BCUT2D eigenvalue weighted by Gasteiger charge is -2.15. The lowest BCUT2D eigenvalue weighted by atomic mass is 10.1. The van der Waals surface area contributed by atoms with Crippen LogP contribution in [0.1, 0.15) is 38.3 Å². The lowest BCUT2D eigenvalue weighted by molar-refractivity contribution is 0.413. The fourth-order valence-corrected chi connectivity index (χ4v) is 5.16. The first-order valence-corrected chi connectivity index (χ1v) is 12.1. The molecule has 0 bridgehead atoms. The summed E-state index contributed by atoms with van der Waals surface area (Å²) in [7, 11) is 0.982. The Morgan fingerprint density at radius 3 is 2.43 bits per heavy atom. The molecule has 2 aromatic carbocycles. The number of aliphatic imine (C=N–C) groups is 1. The largest absolute Gasteiger partial charge is 0.497 e. The SMILES string of the molecule is CCN(C)/C=N/c1cc(C)c(N=S(=O)(CCC(C)C)c2cccc(OC)c2)cc1C. The molecule has 0 spiro atoms. The van der Waals surface area contributed by atoms with Gasteiger partial charge in [0.2, 0.25) is 0 Å². The number of aryl methyl sites for hydroxylation is 2. The number of nitrogens with zero attached hydrogens (tertiary/aromatic N) is 3. The molecule has 0 amide bonds. The Morgan fingerprint density at radius 2 is 1.80 bits per heavy atom. The van der Waals surface area contributed by atoms with E-state index in [0.29, 0.717) is 22.3 Å². The molecule has 2 rings (SSSR count). The average Bonchev–Trinajstić information content (AvgIpc) is 2.73. The summed E-state index contributed by atoms with van der Waals surface area (Å²) in [6.45, 7) is 11.3. The third kappa shape index (κ3) is 6.33. The van der Waals surface area contributed by atoms with Gasteiger partial charge in [-0.05, 0) is 74.6 Å². The number of hydrogen-bond acceptors (Lipinski definition) is 4. The van der Waals surface area contributed by atoms with Crippen LogP contribution >= 0.6 is 0 Å². The van der Waals surface area contributed by atoms with Crippen LogP contribution in [0.5, 0.6) is 5.75 Å². The Balaban J connectivity index is 2.56. The molecule has 0 aliphatic rings. The van der Waals surface area contributed by atoms with Crippen LogP contribution in [0.3, 0.4) is 0 Å². The summed E-state index contributed by atoms with van der Waals surface area (Å²) in [5.74, 6) is 1.65. The normalized spacial score (nSPS) is 13.5. The van der Waals surface area contributed by atoms with Crippen LogP contribution in [-0.2, 0) is 9.73 Å². The van der Waals surface area contributed by atoms with Crippen LogP contribution in [0, 0.1) is 19.8 Å². The maximum atomic E-state index is 14.1. The second-order valence-electron chi connectivity index (χ2n) is 8.04. The van der Waals surface area contributed by atoms with Gasteiger partial charge in [-0.3, -0.25) is 0 Å². The summed E-state index contributed by atoms with van der Waals surface area (Å²) in [4.78, 5) is 7.32. The van der Waals surface area contributed by atoms with Crippen molar-refractivity contribution in [3.63, 3.8) is 0 Å². The Kier molecular flexibility index (Phi) is 8.47. The third-order valence-electron chi connectivity index (χ3n) is 5.03. The number of hydrogen-bond donors (Lipinski definition) is 0. The minimum absolute atomic E-state index is 0.446. The van der Waals surface area contributed by atoms with E-state index in [0.717, 1.165) is 35.5 Å². The van der Waals surface area contributed by atoms with Crippen LogP contribution in [0.15, 0.2) is 50.6 Å². The van der Waals surface area contributed by atoms with E-state index >= 15 is 0 Å². The first-order chi connectivity index (χ1) is 14.2. The van der Waals surface area contributed by atoms with Gasteiger partial charge in [0.15, 0.2) is 0 Å². The second-order valence-corrected chi connectivity index (χ2v) is 10.4. The zero-order chi connectivity index (χ0) is 22.3. The molecule has 0 aromatic heterocycles. The first kappa shape index (κ1) is 23.9. The quantitative estimate of drug-likeness (QED) is 0.356. The van der Waals surface area contributed by atoms with Crippen LogP contribution in [0.25, 0.3) is 0 Å². The molecule has 2 aromatic rings. The van der Waals surface area contributed by atoms with Crippen molar-refractivity contribution in [1.29, 1.82) is 0 Å². The van der Waals surface area contributed by atoms with E-state index in [2.05, 4.69) is 25.8 Å². The van der Waals surface area contributed by atoms with E-state index in [4.69, 9.17) is 9.10 Å². The number of rotatable bonds is 9. The summed E-state index contributed by atoms with van der Waals surface area (Å²) in [5.41, 5.74) is 3.64. The predicted molar refractivity (Wildman–Crippen MR) is 128 cm³/mol. The number of methoxy groups -OCH3 is 1. The van der Waals surface area contributed by atoms with Gasteiger partial charge in [-0.1, -0.05) is 19.9 Å². The Morgan fingerprint density at radius 1 is 1.13 bits per heavy atom. The molecule has 0 fully saturated rings. The molecule has 0 saturated carbocycles. The van der Waals surface area contributed by atoms with E-state index in [1.165, 1.54) is 0 Å². The summed E-state index contributed by atoms with van der Waals surface area (Å²) in [6, 6.07) is 11.5. The highest BCUT2D eigenvalue weighted by Gasteiger charge is 2.16. The van der Waals surface area contributed by atoms with Gasteiger partial charge < -0.3 is 9.64 Å². The highest BCUT2D eigenvalue weighted by Crippen LogP contribution is 2.32. The van der Waals surface area contributed by atoms with Crippen molar-refractivity contribution >= 4 is 27.4 Å². The third-order valence-corrected chi connectivity index (χ3v) is 7.31. The van der Waals surface area contributed by atoms with Gasteiger partial charge >= 0.3 is 0 Å². The van der Waals surface area contributed by atoms with E-state index in [9.17, 15) is 4.21 Å². The van der Waals surface area contributed by atoms with Crippen molar-refractivity contribution in [2.24, 2.45) is 15.3 Å². The molecule has 1 atom stereocenters. The molecule has 0 aliphatic heterocycles. The minimum Gasteiger partial charge on any atom is -0.497 e. The van der Waals surface area contributed by atoms with Crippen LogP contribution in [0.2, 0.25) is 0 Å². The molecular weight excluding hydrogens is 394 g/mol. The van der Waals surface area contributed by atoms with Gasteiger partial charge in [0, 0.05) is 19.3 Å². The lowest BCUT2D eigenvalue weighted by Crippen LogP contribution is -2.14. The summed E-state index contributed by atoms with van der Waals surface area (Å²) >= 11 is 0. The van der Waals surface area contributed by atoms with E-state index in [1.807, 2.05) is 68.5 Å². The zero-order valence-electron chi connectivity index (χ0n) is 19.3. The highest BCUT2D eigenvalue weighted by molar-refractivity contribution is 7.93. The maximum Gasteiger partial charge on any atom is 0.120 e. The molecule has 0 aliphatic carbocycles. The molecule has 0 radical (unpaired) electrons. The summed E-state index contributed by atoms with van der Waals surface area (Å²) < 4.78 is 24.3. The van der Waals surface area contributed by atoms with Crippen molar-refractivity contribution in [3.05, 3.63) is 47.5 Å². The molecule has 5 nitrogen and oxygen atoms in total. The van der Waals surface area contributed by atoms with Crippen molar-refractivity contribution in [2.45, 2.75) is 45.9 Å². The van der Waals surface area contributed by atoms with Gasteiger partial charge in [0.1, 0.15) is 5.75 Å². The molecule has 30 heavy (non-hydrogen) atoms. The number of benzene rings is 2. The Bertz CT molecular complexity index is 1010. The maximum absolute atomic E-state index is 14.1. The van der Waals surface area contributed by atoms with Crippen LogP contribution < -0.4 is 4.74 Å². The molecule has 0 N–H and O–H groups in total. The van der Waals surface area contributed by atoms with Crippen molar-refractivity contribution in [2.75, 3.05) is 26.5 Å². The van der Waals surface area contributed by atoms with Crippen molar-refractivity contribution in [1.82, 2.24) is 4.90 Å². The molecule has 164 valence electrons. The Labute approximate surface area is 182 Å². The van der Waals surface area contributed by atoms with Gasteiger partial charge in [-0.2, -0.15) is 4.36 Å².